The molecule has 1 fully saturated rings. The van der Waals surface area contributed by atoms with Crippen LogP contribution in [0.4, 0.5) is 5.69 Å². The molecule has 0 aliphatic carbocycles. The van der Waals surface area contributed by atoms with E-state index in [9.17, 15) is 14.4 Å². The first-order chi connectivity index (χ1) is 18.4. The van der Waals surface area contributed by atoms with Crippen molar-refractivity contribution in [2.45, 2.75) is 24.5 Å². The number of amides is 3. The zero-order valence-electron chi connectivity index (χ0n) is 19.8. The summed E-state index contributed by atoms with van der Waals surface area (Å²) in [5.74, 6) is -1.57. The highest BCUT2D eigenvalue weighted by molar-refractivity contribution is 6.42. The lowest BCUT2D eigenvalue weighted by atomic mass is 9.98. The van der Waals surface area contributed by atoms with Crippen LogP contribution in [0.2, 0.25) is 10.0 Å². The zero-order valence-corrected chi connectivity index (χ0v) is 21.3. The molecule has 1 saturated heterocycles. The standard InChI is InChI=1S/C27H20Cl2N6O3/c28-18-12-7-13-19(29)24(18)34-26(37)23-25(27(34)38)33(32-30-23)15-22(36)35-21(17-10-5-2-6-11-17)14-20(31-35)16-8-3-1-4-9-16/h1-13,21,23,25H,14-15H2. The molecule has 3 amide bonds. The molecule has 0 spiro atoms. The SMILES string of the molecule is O=C1C2N=NN(CC(=O)N3N=C(c4ccccc4)CC3c3ccccc3)C2C(=O)N1c1c(Cl)cccc1Cl. The van der Waals surface area contributed by atoms with E-state index in [0.717, 1.165) is 21.7 Å². The molecule has 0 aromatic heterocycles. The van der Waals surface area contributed by atoms with Gasteiger partial charge in [-0.2, -0.15) is 10.2 Å². The van der Waals surface area contributed by atoms with Gasteiger partial charge in [0.05, 0.1) is 27.5 Å². The van der Waals surface area contributed by atoms with Crippen molar-refractivity contribution in [2.24, 2.45) is 15.4 Å². The Hall–Kier alpha value is -4.08. The number of halogens is 2. The third-order valence-electron chi connectivity index (χ3n) is 6.77. The molecule has 3 aromatic rings. The first-order valence-corrected chi connectivity index (χ1v) is 12.7. The molecule has 3 atom stereocenters. The largest absolute Gasteiger partial charge is 0.271 e. The smallest absolute Gasteiger partial charge is 0.264 e. The highest BCUT2D eigenvalue weighted by atomic mass is 35.5. The molecule has 0 bridgehead atoms. The second-order valence-corrected chi connectivity index (χ2v) is 9.87. The molecule has 9 nitrogen and oxygen atoms in total. The average molecular weight is 547 g/mol. The maximum absolute atomic E-state index is 13.6. The molecule has 3 aliphatic heterocycles. The number of hydrazone groups is 1. The summed E-state index contributed by atoms with van der Waals surface area (Å²) in [5.41, 5.74) is 2.74. The van der Waals surface area contributed by atoms with E-state index in [0.29, 0.717) is 6.42 Å². The van der Waals surface area contributed by atoms with Crippen LogP contribution in [-0.2, 0) is 14.4 Å². The number of carbonyl (C=O) groups excluding carboxylic acids is 3. The van der Waals surface area contributed by atoms with Crippen molar-refractivity contribution in [3.63, 3.8) is 0 Å². The van der Waals surface area contributed by atoms with Crippen LogP contribution in [0.15, 0.2) is 94.3 Å². The maximum atomic E-state index is 13.6. The minimum absolute atomic E-state index is 0.0995. The highest BCUT2D eigenvalue weighted by Crippen LogP contribution is 2.40. The topological polar surface area (TPSA) is 98.0 Å². The van der Waals surface area contributed by atoms with Crippen LogP contribution in [0.5, 0.6) is 0 Å². The Morgan fingerprint density at radius 1 is 0.868 bits per heavy atom. The fourth-order valence-corrected chi connectivity index (χ4v) is 5.53. The number of fused-ring (bicyclic) bond motifs is 1. The minimum Gasteiger partial charge on any atom is -0.271 e. The zero-order chi connectivity index (χ0) is 26.4. The number of para-hydroxylation sites is 1. The second-order valence-electron chi connectivity index (χ2n) is 9.06. The molecule has 11 heteroatoms. The lowest BCUT2D eigenvalue weighted by molar-refractivity contribution is -0.135. The summed E-state index contributed by atoms with van der Waals surface area (Å²) in [5, 5.41) is 15.7. The van der Waals surface area contributed by atoms with E-state index >= 15 is 0 Å². The number of hydrogen-bond donors (Lipinski definition) is 0. The molecule has 3 aliphatic rings. The number of rotatable bonds is 5. The Kier molecular flexibility index (Phi) is 6.17. The lowest BCUT2D eigenvalue weighted by Gasteiger charge is -2.25. The summed E-state index contributed by atoms with van der Waals surface area (Å²) in [7, 11) is 0. The average Bonchev–Trinajstić information content (AvgIpc) is 3.62. The number of benzene rings is 3. The minimum atomic E-state index is -1.09. The van der Waals surface area contributed by atoms with E-state index in [1.807, 2.05) is 60.7 Å². The number of imide groups is 1. The fraction of sp³-hybridized carbons (Fsp3) is 0.185. The molecule has 6 rings (SSSR count). The normalized spacial score (nSPS) is 22.3. The Labute approximate surface area is 227 Å². The first kappa shape index (κ1) is 24.3. The van der Waals surface area contributed by atoms with Crippen molar-refractivity contribution in [1.82, 2.24) is 10.0 Å². The van der Waals surface area contributed by atoms with Gasteiger partial charge in [0, 0.05) is 6.42 Å². The summed E-state index contributed by atoms with van der Waals surface area (Å²) in [4.78, 5) is 41.1. The summed E-state index contributed by atoms with van der Waals surface area (Å²) in [6, 6.07) is 21.5. The van der Waals surface area contributed by atoms with E-state index in [2.05, 4.69) is 15.4 Å². The third kappa shape index (κ3) is 4.04. The van der Waals surface area contributed by atoms with Gasteiger partial charge in [0.25, 0.3) is 17.7 Å². The van der Waals surface area contributed by atoms with Crippen molar-refractivity contribution < 1.29 is 14.4 Å². The summed E-state index contributed by atoms with van der Waals surface area (Å²) < 4.78 is 0. The molecule has 0 saturated carbocycles. The van der Waals surface area contributed by atoms with Crippen LogP contribution in [0.25, 0.3) is 0 Å². The third-order valence-corrected chi connectivity index (χ3v) is 7.38. The van der Waals surface area contributed by atoms with Gasteiger partial charge in [-0.25, -0.2) is 9.91 Å². The number of nitrogens with zero attached hydrogens (tertiary/aromatic N) is 6. The quantitative estimate of drug-likeness (QED) is 0.434. The van der Waals surface area contributed by atoms with E-state index in [-0.39, 0.29) is 34.2 Å². The van der Waals surface area contributed by atoms with E-state index < -0.39 is 23.9 Å². The fourth-order valence-electron chi connectivity index (χ4n) is 4.97. The van der Waals surface area contributed by atoms with Crippen LogP contribution in [0.3, 0.4) is 0 Å². The van der Waals surface area contributed by atoms with Crippen molar-refractivity contribution in [1.29, 1.82) is 0 Å². The van der Waals surface area contributed by atoms with Crippen LogP contribution < -0.4 is 4.90 Å². The molecular formula is C27H20Cl2N6O3. The monoisotopic (exact) mass is 546 g/mol. The molecule has 38 heavy (non-hydrogen) atoms. The van der Waals surface area contributed by atoms with Crippen molar-refractivity contribution in [3.8, 4) is 0 Å². The molecule has 0 radical (unpaired) electrons. The van der Waals surface area contributed by atoms with Gasteiger partial charge < -0.3 is 0 Å². The Morgan fingerprint density at radius 2 is 1.53 bits per heavy atom. The summed E-state index contributed by atoms with van der Waals surface area (Å²) in [6.07, 6.45) is 0.531. The van der Waals surface area contributed by atoms with E-state index in [1.54, 1.807) is 18.2 Å². The highest BCUT2D eigenvalue weighted by Gasteiger charge is 2.56. The first-order valence-electron chi connectivity index (χ1n) is 11.9. The molecule has 190 valence electrons. The van der Waals surface area contributed by atoms with Gasteiger partial charge in [0.1, 0.15) is 6.54 Å². The van der Waals surface area contributed by atoms with Gasteiger partial charge in [-0.1, -0.05) is 95.2 Å². The van der Waals surface area contributed by atoms with Crippen LogP contribution >= 0.6 is 23.2 Å². The second kappa shape index (κ2) is 9.66. The predicted octanol–water partition coefficient (Wildman–Crippen LogP) is 4.66. The van der Waals surface area contributed by atoms with Gasteiger partial charge in [0.15, 0.2) is 12.1 Å². The Bertz CT molecular complexity index is 1480. The summed E-state index contributed by atoms with van der Waals surface area (Å²) in [6.45, 7) is -0.289. The van der Waals surface area contributed by atoms with Crippen molar-refractivity contribution in [3.05, 3.63) is 100 Å². The van der Waals surface area contributed by atoms with Crippen molar-refractivity contribution >= 4 is 52.3 Å². The molecule has 3 aromatic carbocycles. The lowest BCUT2D eigenvalue weighted by Crippen LogP contribution is -2.44. The van der Waals surface area contributed by atoms with Gasteiger partial charge in [0.2, 0.25) is 0 Å². The van der Waals surface area contributed by atoms with Gasteiger partial charge in [-0.3, -0.25) is 19.4 Å². The van der Waals surface area contributed by atoms with Crippen LogP contribution in [0.1, 0.15) is 23.6 Å². The van der Waals surface area contributed by atoms with E-state index in [1.165, 1.54) is 10.0 Å². The number of carbonyl (C=O) groups is 3. The predicted molar refractivity (Wildman–Crippen MR) is 142 cm³/mol. The molecular weight excluding hydrogens is 527 g/mol. The van der Waals surface area contributed by atoms with Gasteiger partial charge in [-0.15, -0.1) is 0 Å². The van der Waals surface area contributed by atoms with Gasteiger partial charge >= 0.3 is 0 Å². The van der Waals surface area contributed by atoms with Gasteiger partial charge in [-0.05, 0) is 23.3 Å². The molecule has 3 heterocycles. The number of anilines is 1. The Morgan fingerprint density at radius 3 is 2.21 bits per heavy atom. The summed E-state index contributed by atoms with van der Waals surface area (Å²) >= 11 is 12.5. The number of hydrogen-bond acceptors (Lipinski definition) is 7. The maximum Gasteiger partial charge on any atom is 0.264 e. The van der Waals surface area contributed by atoms with E-state index in [4.69, 9.17) is 23.2 Å². The van der Waals surface area contributed by atoms with Crippen LogP contribution in [-0.4, -0.2) is 52.1 Å². The molecule has 0 N–H and O–H groups in total. The molecule has 3 unspecified atom stereocenters. The Balaban J connectivity index is 1.27. The van der Waals surface area contributed by atoms with Crippen molar-refractivity contribution in [2.75, 3.05) is 11.4 Å². The van der Waals surface area contributed by atoms with Crippen LogP contribution in [0, 0.1) is 0 Å².